The third-order valence-electron chi connectivity index (χ3n) is 0.987. The predicted octanol–water partition coefficient (Wildman–Crippen LogP) is -1.90. The topological polar surface area (TPSA) is 114 Å². The number of hydrogen-bond donors (Lipinski definition) is 2. The first kappa shape index (κ1) is 8.40. The van der Waals surface area contributed by atoms with Crippen molar-refractivity contribution in [1.29, 1.82) is 0 Å². The highest BCUT2D eigenvalue weighted by atomic mass is 32.2. The first-order chi connectivity index (χ1) is 5.61. The van der Waals surface area contributed by atoms with Crippen LogP contribution in [-0.4, -0.2) is 31.4 Å². The van der Waals surface area contributed by atoms with Crippen molar-refractivity contribution < 1.29 is 13.2 Å². The van der Waals surface area contributed by atoms with E-state index in [4.69, 9.17) is 5.73 Å². The largest absolute Gasteiger partial charge is 0.351 e. The number of amides is 2. The van der Waals surface area contributed by atoms with Crippen LogP contribution in [0, 0.1) is 0 Å². The fraction of sp³-hybridized carbons (Fsp3) is 0. The summed E-state index contributed by atoms with van der Waals surface area (Å²) in [5, 5.41) is 8.61. The average Bonchev–Trinajstić information content (AvgIpc) is 2.33. The highest BCUT2D eigenvalue weighted by molar-refractivity contribution is 7.76. The number of hydrogen-bond acceptors (Lipinski definition) is 5. The van der Waals surface area contributed by atoms with Crippen LogP contribution in [-0.2, 0) is 10.3 Å². The SMILES string of the molecule is NC(=O)NC1=NN=CC1=S(=O)=O. The molecule has 1 heterocycles. The van der Waals surface area contributed by atoms with Crippen LogP contribution in [0.4, 0.5) is 4.79 Å². The molecule has 7 nitrogen and oxygen atoms in total. The molecule has 3 N–H and O–H groups in total. The van der Waals surface area contributed by atoms with Crippen molar-refractivity contribution in [3.8, 4) is 0 Å². The molecule has 2 amide bonds. The average molecular weight is 188 g/mol. The van der Waals surface area contributed by atoms with E-state index < -0.39 is 16.3 Å². The molecule has 1 aliphatic rings. The second kappa shape index (κ2) is 3.13. The highest BCUT2D eigenvalue weighted by Crippen LogP contribution is 1.88. The maximum Gasteiger partial charge on any atom is 0.317 e. The van der Waals surface area contributed by atoms with E-state index in [0.717, 1.165) is 6.21 Å². The molecule has 0 radical (unpaired) electrons. The minimum Gasteiger partial charge on any atom is -0.351 e. The van der Waals surface area contributed by atoms with Gasteiger partial charge in [0.1, 0.15) is 0 Å². The van der Waals surface area contributed by atoms with Gasteiger partial charge in [-0.2, -0.15) is 13.5 Å². The van der Waals surface area contributed by atoms with Gasteiger partial charge in [-0.3, -0.25) is 5.32 Å². The molecule has 0 bridgehead atoms. The molecular formula is C4H4N4O3S. The Morgan fingerprint density at radius 1 is 1.58 bits per heavy atom. The number of urea groups is 1. The third-order valence-corrected chi connectivity index (χ3v) is 1.65. The minimum atomic E-state index is -2.47. The number of primary amides is 1. The lowest BCUT2D eigenvalue weighted by atomic mass is 10.4. The van der Waals surface area contributed by atoms with Gasteiger partial charge in [-0.15, -0.1) is 5.10 Å². The van der Waals surface area contributed by atoms with Crippen molar-refractivity contribution in [2.24, 2.45) is 15.9 Å². The Hall–Kier alpha value is -1.70. The molecule has 0 spiro atoms. The molecule has 0 atom stereocenters. The van der Waals surface area contributed by atoms with Gasteiger partial charge >= 0.3 is 6.03 Å². The number of rotatable bonds is 0. The summed E-state index contributed by atoms with van der Waals surface area (Å²) in [5.41, 5.74) is 4.73. The van der Waals surface area contributed by atoms with Crippen molar-refractivity contribution in [2.45, 2.75) is 0 Å². The fourth-order valence-corrected chi connectivity index (χ4v) is 0.958. The van der Waals surface area contributed by atoms with E-state index in [1.54, 1.807) is 0 Å². The number of nitrogens with two attached hydrogens (primary N) is 1. The van der Waals surface area contributed by atoms with E-state index in [1.807, 2.05) is 5.32 Å². The van der Waals surface area contributed by atoms with Crippen LogP contribution in [0.1, 0.15) is 0 Å². The Balaban J connectivity index is 2.98. The molecular weight excluding hydrogens is 184 g/mol. The molecule has 0 aromatic heterocycles. The summed E-state index contributed by atoms with van der Waals surface area (Å²) in [6.07, 6.45) is 1.01. The Labute approximate surface area is 68.5 Å². The molecule has 64 valence electrons. The summed E-state index contributed by atoms with van der Waals surface area (Å²) in [6.45, 7) is 0. The Morgan fingerprint density at radius 2 is 2.25 bits per heavy atom. The van der Waals surface area contributed by atoms with Gasteiger partial charge in [-0.05, 0) is 0 Å². The van der Waals surface area contributed by atoms with Gasteiger partial charge in [0.25, 0.3) is 0 Å². The smallest absolute Gasteiger partial charge is 0.317 e. The van der Waals surface area contributed by atoms with E-state index in [9.17, 15) is 13.2 Å². The minimum absolute atomic E-state index is 0.157. The first-order valence-corrected chi connectivity index (χ1v) is 3.83. The molecule has 8 heteroatoms. The van der Waals surface area contributed by atoms with Crippen molar-refractivity contribution in [1.82, 2.24) is 5.32 Å². The number of nitrogens with zero attached hydrogens (tertiary/aromatic N) is 2. The summed E-state index contributed by atoms with van der Waals surface area (Å²) >= 11 is 0. The molecule has 0 unspecified atom stereocenters. The van der Waals surface area contributed by atoms with Gasteiger partial charge in [-0.1, -0.05) is 0 Å². The van der Waals surface area contributed by atoms with Crippen molar-refractivity contribution in [2.75, 3.05) is 0 Å². The van der Waals surface area contributed by atoms with Crippen LogP contribution in [0.5, 0.6) is 0 Å². The van der Waals surface area contributed by atoms with Crippen molar-refractivity contribution in [3.63, 3.8) is 0 Å². The van der Waals surface area contributed by atoms with E-state index >= 15 is 0 Å². The van der Waals surface area contributed by atoms with Gasteiger partial charge in [0.2, 0.25) is 10.3 Å². The van der Waals surface area contributed by atoms with Crippen LogP contribution in [0.15, 0.2) is 10.2 Å². The lowest BCUT2D eigenvalue weighted by Gasteiger charge is -1.95. The predicted molar refractivity (Wildman–Crippen MR) is 42.6 cm³/mol. The molecule has 0 fully saturated rings. The number of carbonyl (C=O) groups excluding carboxylic acids is 1. The highest BCUT2D eigenvalue weighted by Gasteiger charge is 2.14. The molecule has 0 aliphatic carbocycles. The second-order valence-corrected chi connectivity index (χ2v) is 2.69. The Morgan fingerprint density at radius 3 is 2.75 bits per heavy atom. The van der Waals surface area contributed by atoms with Gasteiger partial charge in [0.05, 0.1) is 6.21 Å². The van der Waals surface area contributed by atoms with Crippen LogP contribution in [0.3, 0.4) is 0 Å². The third kappa shape index (κ3) is 1.66. The fourth-order valence-electron chi connectivity index (χ4n) is 0.575. The summed E-state index contributed by atoms with van der Waals surface area (Å²) in [7, 11) is -2.47. The van der Waals surface area contributed by atoms with Gasteiger partial charge in [-0.25, -0.2) is 4.79 Å². The summed E-state index contributed by atoms with van der Waals surface area (Å²) in [6, 6.07) is -0.887. The van der Waals surface area contributed by atoms with Crippen LogP contribution in [0.2, 0.25) is 0 Å². The van der Waals surface area contributed by atoms with Crippen LogP contribution in [0.25, 0.3) is 0 Å². The van der Waals surface area contributed by atoms with E-state index in [-0.39, 0.29) is 10.7 Å². The van der Waals surface area contributed by atoms with Gasteiger partial charge < -0.3 is 5.73 Å². The molecule has 1 rings (SSSR count). The first-order valence-electron chi connectivity index (χ1n) is 2.75. The zero-order valence-electron chi connectivity index (χ0n) is 5.68. The van der Waals surface area contributed by atoms with Crippen LogP contribution >= 0.6 is 0 Å². The maximum absolute atomic E-state index is 10.4. The zero-order valence-corrected chi connectivity index (χ0v) is 6.50. The Kier molecular flexibility index (Phi) is 2.19. The van der Waals surface area contributed by atoms with Crippen LogP contribution < -0.4 is 11.1 Å². The van der Waals surface area contributed by atoms with Crippen molar-refractivity contribution >= 4 is 33.2 Å². The van der Waals surface area contributed by atoms with Gasteiger partial charge in [0, 0.05) is 0 Å². The number of nitrogens with one attached hydrogen (secondary N) is 1. The summed E-state index contributed by atoms with van der Waals surface area (Å²) in [5.74, 6) is -0.157. The monoisotopic (exact) mass is 188 g/mol. The van der Waals surface area contributed by atoms with E-state index in [2.05, 4.69) is 10.2 Å². The summed E-state index contributed by atoms with van der Waals surface area (Å²) in [4.78, 5) is 10.1. The molecule has 1 aliphatic heterocycles. The van der Waals surface area contributed by atoms with Gasteiger partial charge in [0.15, 0.2) is 10.7 Å². The molecule has 0 saturated carbocycles. The van der Waals surface area contributed by atoms with Crippen molar-refractivity contribution in [3.05, 3.63) is 0 Å². The Bertz CT molecular complexity index is 396. The lowest BCUT2D eigenvalue weighted by Crippen LogP contribution is -2.39. The standard InChI is InChI=1S/C4H4N4O3S/c5-4(9)7-3-2(12(10)11)1-6-8-3/h1H,(H3,5,7,8,9). The normalized spacial score (nSPS) is 14.3. The number of amidine groups is 1. The molecule has 0 saturated heterocycles. The second-order valence-electron chi connectivity index (χ2n) is 1.78. The van der Waals surface area contributed by atoms with E-state index in [1.165, 1.54) is 0 Å². The van der Waals surface area contributed by atoms with E-state index in [0.29, 0.717) is 0 Å². The maximum atomic E-state index is 10.4. The number of carbonyl (C=O) groups is 1. The molecule has 0 aromatic carbocycles. The summed E-state index contributed by atoms with van der Waals surface area (Å²) < 4.78 is 20.8. The molecule has 12 heavy (non-hydrogen) atoms. The quantitative estimate of drug-likeness (QED) is 0.433. The lowest BCUT2D eigenvalue weighted by molar-refractivity contribution is 0.253. The molecule has 0 aromatic rings. The zero-order chi connectivity index (χ0) is 9.14.